The molecule has 0 heterocycles. The number of hydrogen-bond donors (Lipinski definition) is 2. The predicted molar refractivity (Wildman–Crippen MR) is 81.1 cm³/mol. The number of nitrogens with two attached hydrogens (primary N) is 1. The van der Waals surface area contributed by atoms with Crippen molar-refractivity contribution < 1.29 is 14.7 Å². The van der Waals surface area contributed by atoms with E-state index in [1.165, 1.54) is 0 Å². The molecule has 0 bridgehead atoms. The normalized spacial score (nSPS) is 11.2. The van der Waals surface area contributed by atoms with E-state index in [-0.39, 0.29) is 5.84 Å². The highest BCUT2D eigenvalue weighted by molar-refractivity contribution is 5.97. The Labute approximate surface area is 123 Å². The van der Waals surface area contributed by atoms with Crippen LogP contribution in [0.2, 0.25) is 0 Å². The fourth-order valence-corrected chi connectivity index (χ4v) is 1.80. The van der Waals surface area contributed by atoms with Crippen molar-refractivity contribution >= 4 is 5.84 Å². The van der Waals surface area contributed by atoms with Crippen molar-refractivity contribution in [3.05, 3.63) is 59.7 Å². The Morgan fingerprint density at radius 1 is 1.05 bits per heavy atom. The number of benzene rings is 2. The molecule has 0 radical (unpaired) electrons. The van der Waals surface area contributed by atoms with E-state index in [4.69, 9.17) is 20.4 Å². The van der Waals surface area contributed by atoms with Gasteiger partial charge in [0.1, 0.15) is 24.7 Å². The molecule has 0 saturated heterocycles. The van der Waals surface area contributed by atoms with Crippen LogP contribution in [0, 0.1) is 6.92 Å². The first kappa shape index (κ1) is 14.7. The predicted octanol–water partition coefficient (Wildman–Crippen LogP) is 2.55. The van der Waals surface area contributed by atoms with E-state index in [2.05, 4.69) is 5.16 Å². The highest BCUT2D eigenvalue weighted by atomic mass is 16.5. The molecule has 3 N–H and O–H groups in total. The van der Waals surface area contributed by atoms with Crippen molar-refractivity contribution in [2.24, 2.45) is 10.9 Å². The Morgan fingerprint density at radius 3 is 2.33 bits per heavy atom. The van der Waals surface area contributed by atoms with Crippen LogP contribution < -0.4 is 15.2 Å². The van der Waals surface area contributed by atoms with Crippen LogP contribution in [0.5, 0.6) is 11.5 Å². The lowest BCUT2D eigenvalue weighted by molar-refractivity contribution is 0.217. The summed E-state index contributed by atoms with van der Waals surface area (Å²) in [6.07, 6.45) is 0. The second kappa shape index (κ2) is 7.19. The monoisotopic (exact) mass is 286 g/mol. The van der Waals surface area contributed by atoms with Gasteiger partial charge in [0.15, 0.2) is 5.84 Å². The van der Waals surface area contributed by atoms with Crippen LogP contribution in [0.3, 0.4) is 0 Å². The average molecular weight is 286 g/mol. The van der Waals surface area contributed by atoms with Crippen LogP contribution >= 0.6 is 0 Å². The number of ether oxygens (including phenoxy) is 2. The largest absolute Gasteiger partial charge is 0.490 e. The summed E-state index contributed by atoms with van der Waals surface area (Å²) in [7, 11) is 0. The number of amidine groups is 1. The number of oxime groups is 1. The molecule has 0 aliphatic carbocycles. The molecule has 0 amide bonds. The fourth-order valence-electron chi connectivity index (χ4n) is 1.80. The van der Waals surface area contributed by atoms with Crippen molar-refractivity contribution in [2.45, 2.75) is 6.92 Å². The number of rotatable bonds is 6. The quantitative estimate of drug-likeness (QED) is 0.281. The van der Waals surface area contributed by atoms with Crippen LogP contribution in [0.15, 0.2) is 53.7 Å². The lowest BCUT2D eigenvalue weighted by Crippen LogP contribution is -2.13. The second-order valence-corrected chi connectivity index (χ2v) is 4.52. The summed E-state index contributed by atoms with van der Waals surface area (Å²) < 4.78 is 11.1. The third kappa shape index (κ3) is 4.42. The molecular formula is C16H18N2O3. The topological polar surface area (TPSA) is 77.1 Å². The molecule has 2 aromatic carbocycles. The highest BCUT2D eigenvalue weighted by Crippen LogP contribution is 2.14. The van der Waals surface area contributed by atoms with Gasteiger partial charge in [-0.2, -0.15) is 0 Å². The smallest absolute Gasteiger partial charge is 0.170 e. The van der Waals surface area contributed by atoms with E-state index < -0.39 is 0 Å². The van der Waals surface area contributed by atoms with E-state index in [0.29, 0.717) is 24.5 Å². The van der Waals surface area contributed by atoms with Gasteiger partial charge in [-0.05, 0) is 48.9 Å². The minimum atomic E-state index is 0.0735. The summed E-state index contributed by atoms with van der Waals surface area (Å²) in [6.45, 7) is 2.93. The average Bonchev–Trinajstić information content (AvgIpc) is 2.51. The Balaban J connectivity index is 1.78. The van der Waals surface area contributed by atoms with Crippen LogP contribution in [-0.4, -0.2) is 24.3 Å². The molecule has 21 heavy (non-hydrogen) atoms. The molecule has 0 aliphatic rings. The van der Waals surface area contributed by atoms with E-state index in [0.717, 1.165) is 11.3 Å². The summed E-state index contributed by atoms with van der Waals surface area (Å²) in [5, 5.41) is 11.5. The van der Waals surface area contributed by atoms with Gasteiger partial charge in [0.25, 0.3) is 0 Å². The molecule has 2 rings (SSSR count). The highest BCUT2D eigenvalue weighted by Gasteiger charge is 2.00. The van der Waals surface area contributed by atoms with Crippen molar-refractivity contribution in [1.29, 1.82) is 0 Å². The third-order valence-corrected chi connectivity index (χ3v) is 2.87. The molecule has 0 saturated carbocycles. The van der Waals surface area contributed by atoms with Crippen molar-refractivity contribution in [3.63, 3.8) is 0 Å². The van der Waals surface area contributed by atoms with E-state index >= 15 is 0 Å². The fraction of sp³-hybridized carbons (Fsp3) is 0.188. The first-order valence-corrected chi connectivity index (χ1v) is 6.59. The SMILES string of the molecule is Cc1cccc(OCCOc2ccc(C(N)=NO)cc2)c1. The van der Waals surface area contributed by atoms with Crippen molar-refractivity contribution in [1.82, 2.24) is 0 Å². The summed E-state index contributed by atoms with van der Waals surface area (Å²) in [5.74, 6) is 1.61. The van der Waals surface area contributed by atoms with Crippen LogP contribution in [0.1, 0.15) is 11.1 Å². The molecule has 0 atom stereocenters. The Hall–Kier alpha value is -2.69. The second-order valence-electron chi connectivity index (χ2n) is 4.52. The maximum absolute atomic E-state index is 8.57. The molecule has 0 unspecified atom stereocenters. The van der Waals surface area contributed by atoms with Gasteiger partial charge in [0.05, 0.1) is 0 Å². The van der Waals surface area contributed by atoms with Crippen LogP contribution in [-0.2, 0) is 0 Å². The minimum Gasteiger partial charge on any atom is -0.490 e. The van der Waals surface area contributed by atoms with Gasteiger partial charge in [0.2, 0.25) is 0 Å². The van der Waals surface area contributed by atoms with Gasteiger partial charge in [-0.15, -0.1) is 0 Å². The zero-order valence-electron chi connectivity index (χ0n) is 11.8. The summed E-state index contributed by atoms with van der Waals surface area (Å²) in [6, 6.07) is 14.9. The van der Waals surface area contributed by atoms with Gasteiger partial charge < -0.3 is 20.4 Å². The summed E-state index contributed by atoms with van der Waals surface area (Å²) in [4.78, 5) is 0. The van der Waals surface area contributed by atoms with Gasteiger partial charge in [-0.1, -0.05) is 17.3 Å². The van der Waals surface area contributed by atoms with E-state index in [1.54, 1.807) is 24.3 Å². The zero-order valence-corrected chi connectivity index (χ0v) is 11.8. The molecule has 5 heteroatoms. The Bertz CT molecular complexity index is 609. The minimum absolute atomic E-state index is 0.0735. The molecule has 5 nitrogen and oxygen atoms in total. The molecule has 0 spiro atoms. The van der Waals surface area contributed by atoms with Crippen molar-refractivity contribution in [2.75, 3.05) is 13.2 Å². The Morgan fingerprint density at radius 2 is 1.71 bits per heavy atom. The van der Waals surface area contributed by atoms with Gasteiger partial charge in [-0.3, -0.25) is 0 Å². The molecule has 0 aromatic heterocycles. The van der Waals surface area contributed by atoms with Crippen molar-refractivity contribution in [3.8, 4) is 11.5 Å². The first-order valence-electron chi connectivity index (χ1n) is 6.59. The first-order chi connectivity index (χ1) is 10.2. The van der Waals surface area contributed by atoms with Crippen LogP contribution in [0.4, 0.5) is 0 Å². The Kier molecular flexibility index (Phi) is 5.04. The van der Waals surface area contributed by atoms with Crippen LogP contribution in [0.25, 0.3) is 0 Å². The van der Waals surface area contributed by atoms with Gasteiger partial charge >= 0.3 is 0 Å². The van der Waals surface area contributed by atoms with E-state index in [1.807, 2.05) is 31.2 Å². The standard InChI is InChI=1S/C16H18N2O3/c1-12-3-2-4-15(11-12)21-10-9-20-14-7-5-13(6-8-14)16(17)18-19/h2-8,11,19H,9-10H2,1H3,(H2,17,18). The molecule has 2 aromatic rings. The van der Waals surface area contributed by atoms with Gasteiger partial charge in [0, 0.05) is 5.56 Å². The van der Waals surface area contributed by atoms with Gasteiger partial charge in [-0.25, -0.2) is 0 Å². The molecular weight excluding hydrogens is 268 g/mol. The molecule has 0 aliphatic heterocycles. The third-order valence-electron chi connectivity index (χ3n) is 2.87. The maximum Gasteiger partial charge on any atom is 0.170 e. The maximum atomic E-state index is 8.57. The zero-order chi connectivity index (χ0) is 15.1. The molecule has 0 fully saturated rings. The number of aryl methyl sites for hydroxylation is 1. The summed E-state index contributed by atoms with van der Waals surface area (Å²) in [5.41, 5.74) is 7.28. The lowest BCUT2D eigenvalue weighted by Gasteiger charge is -2.09. The van der Waals surface area contributed by atoms with E-state index in [9.17, 15) is 0 Å². The lowest BCUT2D eigenvalue weighted by atomic mass is 10.2. The molecule has 110 valence electrons. The number of hydrogen-bond acceptors (Lipinski definition) is 4. The number of nitrogens with zero attached hydrogens (tertiary/aromatic N) is 1. The summed E-state index contributed by atoms with van der Waals surface area (Å²) >= 11 is 0.